The molecular weight excluding hydrogens is 376 g/mol. The molecule has 0 atom stereocenters. The van der Waals surface area contributed by atoms with Crippen LogP contribution < -0.4 is 24.3 Å². The molecule has 0 aliphatic rings. The highest BCUT2D eigenvalue weighted by Crippen LogP contribution is 2.41. The Balaban J connectivity index is 1.88. The zero-order valence-electron chi connectivity index (χ0n) is 16.8. The zero-order chi connectivity index (χ0) is 21.0. The molecule has 0 aliphatic carbocycles. The third-order valence-corrected chi connectivity index (χ3v) is 4.26. The van der Waals surface area contributed by atoms with E-state index in [0.29, 0.717) is 45.8 Å². The van der Waals surface area contributed by atoms with Crippen molar-refractivity contribution in [3.63, 3.8) is 0 Å². The van der Waals surface area contributed by atoms with Crippen molar-refractivity contribution in [2.45, 2.75) is 6.92 Å². The van der Waals surface area contributed by atoms with Gasteiger partial charge in [-0.25, -0.2) is 0 Å². The van der Waals surface area contributed by atoms with Crippen molar-refractivity contribution in [2.24, 2.45) is 0 Å². The van der Waals surface area contributed by atoms with E-state index in [4.69, 9.17) is 18.9 Å². The van der Waals surface area contributed by atoms with Crippen molar-refractivity contribution < 1.29 is 23.7 Å². The van der Waals surface area contributed by atoms with Crippen molar-refractivity contribution in [1.29, 1.82) is 0 Å². The molecule has 0 saturated heterocycles. The molecule has 0 saturated carbocycles. The topological polar surface area (TPSA) is 108 Å². The summed E-state index contributed by atoms with van der Waals surface area (Å²) in [4.78, 5) is 16.8. The Hall–Kier alpha value is -3.75. The van der Waals surface area contributed by atoms with Gasteiger partial charge in [-0.2, -0.15) is 5.10 Å². The number of anilines is 1. The maximum absolute atomic E-state index is 12.6. The Bertz CT molecular complexity index is 1010. The van der Waals surface area contributed by atoms with Crippen molar-refractivity contribution in [3.8, 4) is 34.3 Å². The lowest BCUT2D eigenvalue weighted by Gasteiger charge is -2.13. The molecule has 9 heteroatoms. The van der Waals surface area contributed by atoms with Gasteiger partial charge in [-0.15, -0.1) is 0 Å². The maximum Gasteiger partial charge on any atom is 0.260 e. The highest BCUT2D eigenvalue weighted by atomic mass is 16.5. The minimum atomic E-state index is -0.352. The van der Waals surface area contributed by atoms with E-state index in [-0.39, 0.29) is 5.91 Å². The highest BCUT2D eigenvalue weighted by molar-refractivity contribution is 6.05. The number of aryl methyl sites for hydroxylation is 1. The van der Waals surface area contributed by atoms with Crippen LogP contribution in [0.15, 0.2) is 30.5 Å². The molecule has 1 amide bonds. The molecule has 2 N–H and O–H groups in total. The van der Waals surface area contributed by atoms with Crippen LogP contribution in [0.5, 0.6) is 23.0 Å². The fourth-order valence-electron chi connectivity index (χ4n) is 2.84. The summed E-state index contributed by atoms with van der Waals surface area (Å²) in [5.74, 6) is 1.91. The van der Waals surface area contributed by atoms with Crippen LogP contribution >= 0.6 is 0 Å². The smallest absolute Gasteiger partial charge is 0.260 e. The maximum atomic E-state index is 12.6. The number of amides is 1. The lowest BCUT2D eigenvalue weighted by molar-refractivity contribution is 0.102. The molecule has 29 heavy (non-hydrogen) atoms. The standard InChI is InChI=1S/C20H22N4O5/c1-11-6-13(17(28-4)10-21-11)20(25)22-18-9-14(23-24-18)12-7-15(26-2)19(29-5)16(8-12)27-3/h6-10H,1-5H3,(H2,22,23,24,25). The normalized spacial score (nSPS) is 10.4. The van der Waals surface area contributed by atoms with Gasteiger partial charge in [-0.3, -0.25) is 14.9 Å². The van der Waals surface area contributed by atoms with E-state index in [9.17, 15) is 4.79 Å². The number of pyridine rings is 1. The Kier molecular flexibility index (Phi) is 5.87. The van der Waals surface area contributed by atoms with Crippen LogP contribution in [0.4, 0.5) is 5.82 Å². The van der Waals surface area contributed by atoms with Crippen LogP contribution in [0.3, 0.4) is 0 Å². The van der Waals surface area contributed by atoms with Crippen LogP contribution in [-0.4, -0.2) is 49.5 Å². The van der Waals surface area contributed by atoms with E-state index in [1.54, 1.807) is 52.5 Å². The first kappa shape index (κ1) is 20.0. The fraction of sp³-hybridized carbons (Fsp3) is 0.250. The van der Waals surface area contributed by atoms with E-state index < -0.39 is 0 Å². The van der Waals surface area contributed by atoms with Gasteiger partial charge in [0, 0.05) is 17.3 Å². The monoisotopic (exact) mass is 398 g/mol. The number of ether oxygens (including phenoxy) is 4. The van der Waals surface area contributed by atoms with E-state index >= 15 is 0 Å². The number of hydrogen-bond acceptors (Lipinski definition) is 7. The van der Waals surface area contributed by atoms with E-state index in [2.05, 4.69) is 20.5 Å². The van der Waals surface area contributed by atoms with Gasteiger partial charge in [-0.1, -0.05) is 0 Å². The molecule has 1 aromatic carbocycles. The van der Waals surface area contributed by atoms with Gasteiger partial charge in [0.2, 0.25) is 5.75 Å². The number of H-pyrrole nitrogens is 1. The molecule has 3 rings (SSSR count). The first-order valence-corrected chi connectivity index (χ1v) is 8.68. The van der Waals surface area contributed by atoms with Crippen LogP contribution in [0.1, 0.15) is 16.1 Å². The van der Waals surface area contributed by atoms with Crippen molar-refractivity contribution >= 4 is 11.7 Å². The number of carbonyl (C=O) groups excluding carboxylic acids is 1. The van der Waals surface area contributed by atoms with Gasteiger partial charge in [-0.05, 0) is 25.1 Å². The molecule has 0 fully saturated rings. The predicted molar refractivity (Wildman–Crippen MR) is 107 cm³/mol. The molecule has 2 aromatic heterocycles. The van der Waals surface area contributed by atoms with Gasteiger partial charge in [0.1, 0.15) is 5.75 Å². The number of nitrogens with zero attached hydrogens (tertiary/aromatic N) is 2. The molecule has 0 radical (unpaired) electrons. The van der Waals surface area contributed by atoms with Crippen molar-refractivity contribution in [3.05, 3.63) is 41.7 Å². The second-order valence-electron chi connectivity index (χ2n) is 6.06. The summed E-state index contributed by atoms with van der Waals surface area (Å²) >= 11 is 0. The van der Waals surface area contributed by atoms with Gasteiger partial charge < -0.3 is 24.3 Å². The lowest BCUT2D eigenvalue weighted by Crippen LogP contribution is -2.14. The molecule has 0 unspecified atom stereocenters. The summed E-state index contributed by atoms with van der Waals surface area (Å²) < 4.78 is 21.3. The number of carbonyl (C=O) groups is 1. The largest absolute Gasteiger partial charge is 0.494 e. The Labute approximate surface area is 168 Å². The minimum absolute atomic E-state index is 0.352. The van der Waals surface area contributed by atoms with E-state index in [1.807, 2.05) is 0 Å². The van der Waals surface area contributed by atoms with E-state index in [0.717, 1.165) is 5.56 Å². The first-order valence-electron chi connectivity index (χ1n) is 8.68. The fourth-order valence-corrected chi connectivity index (χ4v) is 2.84. The minimum Gasteiger partial charge on any atom is -0.494 e. The number of aromatic nitrogens is 3. The number of hydrogen-bond donors (Lipinski definition) is 2. The number of benzene rings is 1. The Morgan fingerprint density at radius 3 is 2.17 bits per heavy atom. The first-order chi connectivity index (χ1) is 14.0. The number of rotatable bonds is 7. The SMILES string of the molecule is COc1cnc(C)cc1C(=O)Nc1cc(-c2cc(OC)c(OC)c(OC)c2)[nH]n1. The van der Waals surface area contributed by atoms with Crippen LogP contribution in [0, 0.1) is 6.92 Å². The van der Waals surface area contributed by atoms with Gasteiger partial charge in [0.15, 0.2) is 17.3 Å². The molecule has 3 aromatic rings. The third kappa shape index (κ3) is 4.08. The molecule has 9 nitrogen and oxygen atoms in total. The van der Waals surface area contributed by atoms with Gasteiger partial charge in [0.25, 0.3) is 5.91 Å². The summed E-state index contributed by atoms with van der Waals surface area (Å²) in [6, 6.07) is 6.94. The Morgan fingerprint density at radius 2 is 1.59 bits per heavy atom. The van der Waals surface area contributed by atoms with Crippen LogP contribution in [-0.2, 0) is 0 Å². The van der Waals surface area contributed by atoms with Crippen LogP contribution in [0.2, 0.25) is 0 Å². The molecular formula is C20H22N4O5. The number of methoxy groups -OCH3 is 4. The van der Waals surface area contributed by atoms with Crippen molar-refractivity contribution in [2.75, 3.05) is 33.8 Å². The number of aromatic amines is 1. The Morgan fingerprint density at radius 1 is 0.931 bits per heavy atom. The highest BCUT2D eigenvalue weighted by Gasteiger charge is 2.17. The van der Waals surface area contributed by atoms with Crippen molar-refractivity contribution in [1.82, 2.24) is 15.2 Å². The average molecular weight is 398 g/mol. The second-order valence-corrected chi connectivity index (χ2v) is 6.06. The second kappa shape index (κ2) is 8.51. The number of nitrogens with one attached hydrogen (secondary N) is 2. The molecule has 2 heterocycles. The predicted octanol–water partition coefficient (Wildman–Crippen LogP) is 3.07. The third-order valence-electron chi connectivity index (χ3n) is 4.26. The molecule has 152 valence electrons. The van der Waals surface area contributed by atoms with E-state index in [1.165, 1.54) is 13.3 Å². The van der Waals surface area contributed by atoms with Gasteiger partial charge in [0.05, 0.1) is 45.9 Å². The van der Waals surface area contributed by atoms with Gasteiger partial charge >= 0.3 is 0 Å². The van der Waals surface area contributed by atoms with Crippen LogP contribution in [0.25, 0.3) is 11.3 Å². The zero-order valence-corrected chi connectivity index (χ0v) is 16.8. The summed E-state index contributed by atoms with van der Waals surface area (Å²) in [6.45, 7) is 1.80. The molecule has 0 aliphatic heterocycles. The summed E-state index contributed by atoms with van der Waals surface area (Å²) in [5, 5.41) is 9.82. The molecule has 0 bridgehead atoms. The lowest BCUT2D eigenvalue weighted by atomic mass is 10.1. The summed E-state index contributed by atoms with van der Waals surface area (Å²) in [5.41, 5.74) is 2.50. The average Bonchev–Trinajstić information content (AvgIpc) is 3.20. The summed E-state index contributed by atoms with van der Waals surface area (Å²) in [6.07, 6.45) is 1.51. The molecule has 0 spiro atoms. The quantitative estimate of drug-likeness (QED) is 0.630. The summed E-state index contributed by atoms with van der Waals surface area (Å²) in [7, 11) is 6.12.